The summed E-state index contributed by atoms with van der Waals surface area (Å²) < 4.78 is 2.12. The Morgan fingerprint density at radius 2 is 2.33 bits per heavy atom. The van der Waals surface area contributed by atoms with Crippen molar-refractivity contribution in [2.24, 2.45) is 11.7 Å². The number of imidazole rings is 1. The Labute approximate surface area is 73.6 Å². The Morgan fingerprint density at radius 1 is 1.58 bits per heavy atom. The van der Waals surface area contributed by atoms with Crippen LogP contribution < -0.4 is 5.73 Å². The third-order valence-electron chi connectivity index (χ3n) is 1.66. The smallest absolute Gasteiger partial charge is 0.0949 e. The van der Waals surface area contributed by atoms with Crippen molar-refractivity contribution in [2.75, 3.05) is 6.54 Å². The topological polar surface area (TPSA) is 43.8 Å². The van der Waals surface area contributed by atoms with Gasteiger partial charge in [0.2, 0.25) is 0 Å². The highest BCUT2D eigenvalue weighted by molar-refractivity contribution is 4.97. The molecule has 0 aliphatic heterocycles. The molecule has 0 bridgehead atoms. The van der Waals surface area contributed by atoms with Crippen LogP contribution in [0, 0.1) is 5.92 Å². The van der Waals surface area contributed by atoms with Crippen LogP contribution >= 0.6 is 0 Å². The number of nitrogens with zero attached hydrogens (tertiary/aromatic N) is 2. The molecule has 1 aromatic rings. The number of rotatable bonds is 4. The van der Waals surface area contributed by atoms with Crippen LogP contribution in [0.15, 0.2) is 12.5 Å². The van der Waals surface area contributed by atoms with E-state index in [2.05, 4.69) is 29.6 Å². The molecule has 0 fully saturated rings. The van der Waals surface area contributed by atoms with Crippen molar-refractivity contribution in [1.82, 2.24) is 9.55 Å². The van der Waals surface area contributed by atoms with Gasteiger partial charge in [-0.25, -0.2) is 4.98 Å². The minimum absolute atomic E-state index is 0.671. The largest absolute Gasteiger partial charge is 0.337 e. The van der Waals surface area contributed by atoms with Crippen LogP contribution in [0.2, 0.25) is 0 Å². The lowest BCUT2D eigenvalue weighted by molar-refractivity contribution is 0.522. The first-order valence-electron chi connectivity index (χ1n) is 4.43. The molecule has 1 rings (SSSR count). The molecule has 68 valence electrons. The van der Waals surface area contributed by atoms with Crippen molar-refractivity contribution in [3.05, 3.63) is 18.2 Å². The molecule has 0 saturated heterocycles. The quantitative estimate of drug-likeness (QED) is 0.728. The first-order chi connectivity index (χ1) is 5.72. The van der Waals surface area contributed by atoms with E-state index in [1.54, 1.807) is 0 Å². The molecule has 3 nitrogen and oxygen atoms in total. The fraction of sp³-hybridized carbons (Fsp3) is 0.667. The van der Waals surface area contributed by atoms with E-state index in [0.29, 0.717) is 12.5 Å². The van der Waals surface area contributed by atoms with E-state index in [1.807, 2.05) is 6.33 Å². The first kappa shape index (κ1) is 9.26. The van der Waals surface area contributed by atoms with E-state index < -0.39 is 0 Å². The highest BCUT2D eigenvalue weighted by Gasteiger charge is 1.99. The Bertz CT molecular complexity index is 227. The SMILES string of the molecule is CC(C)Cn1cnc(CCN)c1. The van der Waals surface area contributed by atoms with Gasteiger partial charge in [-0.2, -0.15) is 0 Å². The van der Waals surface area contributed by atoms with Gasteiger partial charge < -0.3 is 10.3 Å². The minimum atomic E-state index is 0.671. The molecule has 1 aromatic heterocycles. The van der Waals surface area contributed by atoms with E-state index in [4.69, 9.17) is 5.73 Å². The van der Waals surface area contributed by atoms with E-state index in [9.17, 15) is 0 Å². The lowest BCUT2D eigenvalue weighted by atomic mass is 10.2. The van der Waals surface area contributed by atoms with E-state index >= 15 is 0 Å². The summed E-state index contributed by atoms with van der Waals surface area (Å²) in [5, 5.41) is 0. The summed E-state index contributed by atoms with van der Waals surface area (Å²) in [4.78, 5) is 4.24. The highest BCUT2D eigenvalue weighted by atomic mass is 15.0. The molecule has 2 N–H and O–H groups in total. The molecular weight excluding hydrogens is 150 g/mol. The normalized spacial score (nSPS) is 11.0. The predicted octanol–water partition coefficient (Wildman–Crippen LogP) is 1.04. The lowest BCUT2D eigenvalue weighted by Crippen LogP contribution is -2.03. The molecule has 12 heavy (non-hydrogen) atoms. The van der Waals surface area contributed by atoms with Crippen LogP contribution in [0.5, 0.6) is 0 Å². The zero-order chi connectivity index (χ0) is 8.97. The van der Waals surface area contributed by atoms with Crippen LogP contribution in [0.3, 0.4) is 0 Å². The van der Waals surface area contributed by atoms with Gasteiger partial charge in [-0.3, -0.25) is 0 Å². The number of hydrogen-bond donors (Lipinski definition) is 1. The molecule has 0 aliphatic rings. The summed E-state index contributed by atoms with van der Waals surface area (Å²) in [7, 11) is 0. The number of hydrogen-bond acceptors (Lipinski definition) is 2. The monoisotopic (exact) mass is 167 g/mol. The fourth-order valence-corrected chi connectivity index (χ4v) is 1.20. The van der Waals surface area contributed by atoms with Gasteiger partial charge in [0, 0.05) is 19.2 Å². The Hall–Kier alpha value is -0.830. The van der Waals surface area contributed by atoms with Gasteiger partial charge in [-0.1, -0.05) is 13.8 Å². The molecule has 0 spiro atoms. The van der Waals surface area contributed by atoms with Crippen LogP contribution in [0.25, 0.3) is 0 Å². The van der Waals surface area contributed by atoms with Gasteiger partial charge in [0.1, 0.15) is 0 Å². The van der Waals surface area contributed by atoms with Gasteiger partial charge in [-0.15, -0.1) is 0 Å². The molecule has 0 unspecified atom stereocenters. The van der Waals surface area contributed by atoms with Crippen LogP contribution in [-0.4, -0.2) is 16.1 Å². The maximum Gasteiger partial charge on any atom is 0.0949 e. The third kappa shape index (κ3) is 2.66. The summed E-state index contributed by atoms with van der Waals surface area (Å²) >= 11 is 0. The van der Waals surface area contributed by atoms with Gasteiger partial charge in [-0.05, 0) is 12.5 Å². The average Bonchev–Trinajstić information content (AvgIpc) is 2.36. The second-order valence-corrected chi connectivity index (χ2v) is 3.49. The van der Waals surface area contributed by atoms with Crippen LogP contribution in [0.1, 0.15) is 19.5 Å². The highest BCUT2D eigenvalue weighted by Crippen LogP contribution is 2.01. The van der Waals surface area contributed by atoms with Gasteiger partial charge in [0.15, 0.2) is 0 Å². The second-order valence-electron chi connectivity index (χ2n) is 3.49. The van der Waals surface area contributed by atoms with Crippen LogP contribution in [-0.2, 0) is 13.0 Å². The summed E-state index contributed by atoms with van der Waals surface area (Å²) in [6, 6.07) is 0. The molecule has 0 aliphatic carbocycles. The lowest BCUT2D eigenvalue weighted by Gasteiger charge is -2.03. The number of nitrogens with two attached hydrogens (primary N) is 1. The van der Waals surface area contributed by atoms with E-state index in [-0.39, 0.29) is 0 Å². The zero-order valence-corrected chi connectivity index (χ0v) is 7.83. The zero-order valence-electron chi connectivity index (χ0n) is 7.83. The average molecular weight is 167 g/mol. The molecule has 0 aromatic carbocycles. The van der Waals surface area contributed by atoms with E-state index in [1.165, 1.54) is 0 Å². The molecule has 0 atom stereocenters. The maximum atomic E-state index is 5.42. The van der Waals surface area contributed by atoms with Crippen molar-refractivity contribution in [2.45, 2.75) is 26.8 Å². The Morgan fingerprint density at radius 3 is 2.92 bits per heavy atom. The molecule has 3 heteroatoms. The molecule has 0 amide bonds. The molecule has 0 saturated carbocycles. The Kier molecular flexibility index (Phi) is 3.29. The minimum Gasteiger partial charge on any atom is -0.337 e. The van der Waals surface area contributed by atoms with Crippen molar-refractivity contribution in [1.29, 1.82) is 0 Å². The first-order valence-corrected chi connectivity index (χ1v) is 4.43. The number of aromatic nitrogens is 2. The summed E-state index contributed by atoms with van der Waals surface area (Å²) in [6.45, 7) is 6.11. The molecule has 0 radical (unpaired) electrons. The third-order valence-corrected chi connectivity index (χ3v) is 1.66. The maximum absolute atomic E-state index is 5.42. The van der Waals surface area contributed by atoms with Gasteiger partial charge in [0.05, 0.1) is 12.0 Å². The van der Waals surface area contributed by atoms with Crippen molar-refractivity contribution >= 4 is 0 Å². The fourth-order valence-electron chi connectivity index (χ4n) is 1.20. The second kappa shape index (κ2) is 4.26. The summed E-state index contributed by atoms with van der Waals surface area (Å²) in [6.07, 6.45) is 4.84. The van der Waals surface area contributed by atoms with Crippen molar-refractivity contribution < 1.29 is 0 Å². The van der Waals surface area contributed by atoms with E-state index in [0.717, 1.165) is 18.7 Å². The molecule has 1 heterocycles. The summed E-state index contributed by atoms with van der Waals surface area (Å²) in [5.74, 6) is 0.671. The standard InChI is InChI=1S/C9H17N3/c1-8(2)5-12-6-9(3-4-10)11-7-12/h6-8H,3-5,10H2,1-2H3. The Balaban J connectivity index is 2.52. The van der Waals surface area contributed by atoms with Gasteiger partial charge in [0.25, 0.3) is 0 Å². The predicted molar refractivity (Wildman–Crippen MR) is 49.8 cm³/mol. The molecular formula is C9H17N3. The van der Waals surface area contributed by atoms with Gasteiger partial charge >= 0.3 is 0 Å². The van der Waals surface area contributed by atoms with Crippen molar-refractivity contribution in [3.63, 3.8) is 0 Å². The van der Waals surface area contributed by atoms with Crippen LogP contribution in [0.4, 0.5) is 0 Å². The summed E-state index contributed by atoms with van der Waals surface area (Å²) in [5.41, 5.74) is 6.52. The van der Waals surface area contributed by atoms with Crippen molar-refractivity contribution in [3.8, 4) is 0 Å².